The second-order valence-corrected chi connectivity index (χ2v) is 3.65. The molecular formula is C11H12O5S. The Morgan fingerprint density at radius 1 is 1.47 bits per heavy atom. The van der Waals surface area contributed by atoms with E-state index >= 15 is 0 Å². The van der Waals surface area contributed by atoms with Gasteiger partial charge in [-0.2, -0.15) is 0 Å². The minimum Gasteiger partial charge on any atom is -0.493 e. The molecule has 0 amide bonds. The summed E-state index contributed by atoms with van der Waals surface area (Å²) < 4.78 is 20.7. The van der Waals surface area contributed by atoms with Crippen LogP contribution in [0.4, 0.5) is 0 Å². The third kappa shape index (κ3) is 3.60. The molecule has 0 aliphatic carbocycles. The maximum Gasteiger partial charge on any atom is 0.344 e. The highest BCUT2D eigenvalue weighted by Gasteiger charge is 2.15. The van der Waals surface area contributed by atoms with Gasteiger partial charge in [-0.3, -0.25) is 0 Å². The lowest BCUT2D eigenvalue weighted by atomic mass is 10.2. The fourth-order valence-corrected chi connectivity index (χ4v) is 1.41. The van der Waals surface area contributed by atoms with Crippen molar-refractivity contribution in [1.82, 2.24) is 0 Å². The molecule has 0 aromatic heterocycles. The summed E-state index contributed by atoms with van der Waals surface area (Å²) >= 11 is 0.314. The van der Waals surface area contributed by atoms with Gasteiger partial charge in [-0.15, -0.1) is 0 Å². The first-order chi connectivity index (χ1) is 8.08. The van der Waals surface area contributed by atoms with Crippen molar-refractivity contribution in [2.24, 2.45) is 0 Å². The molecule has 0 saturated heterocycles. The third-order valence-electron chi connectivity index (χ3n) is 2.02. The van der Waals surface area contributed by atoms with Crippen molar-refractivity contribution < 1.29 is 23.6 Å². The van der Waals surface area contributed by atoms with Crippen LogP contribution >= 0.6 is 0 Å². The van der Waals surface area contributed by atoms with E-state index in [0.717, 1.165) is 0 Å². The summed E-state index contributed by atoms with van der Waals surface area (Å²) in [5.41, 5.74) is 0.637. The molecule has 1 N–H and O–H groups in total. The van der Waals surface area contributed by atoms with Crippen molar-refractivity contribution in [3.05, 3.63) is 23.8 Å². The molecule has 0 spiro atoms. The summed E-state index contributed by atoms with van der Waals surface area (Å²) in [5.74, 6) is -0.351. The van der Waals surface area contributed by atoms with Gasteiger partial charge in [0.05, 0.1) is 18.4 Å². The van der Waals surface area contributed by atoms with E-state index in [1.165, 1.54) is 19.4 Å². The lowest BCUT2D eigenvalue weighted by Crippen LogP contribution is -2.23. The van der Waals surface area contributed by atoms with Crippen LogP contribution in [0.15, 0.2) is 18.2 Å². The molecule has 92 valence electrons. The van der Waals surface area contributed by atoms with E-state index in [1.54, 1.807) is 18.2 Å². The predicted molar refractivity (Wildman–Crippen MR) is 64.0 cm³/mol. The maximum atomic E-state index is 10.7. The highest BCUT2D eigenvalue weighted by molar-refractivity contribution is 7.65. The second-order valence-electron chi connectivity index (χ2n) is 3.22. The molecule has 0 bridgehead atoms. The summed E-state index contributed by atoms with van der Waals surface area (Å²) in [7, 11) is 1.46. The summed E-state index contributed by atoms with van der Waals surface area (Å²) in [4.78, 5) is 10.7. The van der Waals surface area contributed by atoms with Gasteiger partial charge in [-0.25, -0.2) is 9.00 Å². The van der Waals surface area contributed by atoms with Gasteiger partial charge in [0.15, 0.2) is 17.6 Å². The van der Waals surface area contributed by atoms with Gasteiger partial charge in [0, 0.05) is 5.37 Å². The van der Waals surface area contributed by atoms with Crippen LogP contribution in [0.25, 0.3) is 0 Å². The van der Waals surface area contributed by atoms with E-state index in [-0.39, 0.29) is 0 Å². The Morgan fingerprint density at radius 3 is 2.71 bits per heavy atom. The van der Waals surface area contributed by atoms with Gasteiger partial charge in [-0.1, -0.05) is 6.07 Å². The number of carboxylic acid groups (broad SMARTS) is 1. The summed E-state index contributed by atoms with van der Waals surface area (Å²) in [6, 6.07) is 4.86. The molecule has 0 aliphatic rings. The quantitative estimate of drug-likeness (QED) is 0.793. The molecule has 1 aromatic carbocycles. The SMILES string of the molecule is COc1ccc(C=S=O)cc1OC(C)C(=O)O. The highest BCUT2D eigenvalue weighted by Crippen LogP contribution is 2.28. The normalized spacial score (nSPS) is 11.4. The number of hydrogen-bond acceptors (Lipinski definition) is 4. The minimum absolute atomic E-state index is 0.296. The summed E-state index contributed by atoms with van der Waals surface area (Å²) in [5, 5.41) is 10.1. The van der Waals surface area contributed by atoms with Gasteiger partial charge >= 0.3 is 5.97 Å². The number of carbonyl (C=O) groups is 1. The van der Waals surface area contributed by atoms with Crippen LogP contribution in [0.5, 0.6) is 11.5 Å². The number of aliphatic carboxylic acids is 1. The van der Waals surface area contributed by atoms with Crippen LogP contribution in [-0.2, 0) is 16.1 Å². The van der Waals surface area contributed by atoms with E-state index < -0.39 is 12.1 Å². The second kappa shape index (κ2) is 6.05. The molecule has 0 radical (unpaired) electrons. The van der Waals surface area contributed by atoms with Gasteiger partial charge in [0.2, 0.25) is 0 Å². The molecule has 0 heterocycles. The standard InChI is InChI=1S/C11H12O5S/c1-7(11(12)13)16-10-5-8(6-17-14)3-4-9(10)15-2/h3-7H,1-2H3,(H,12,13). The zero-order valence-corrected chi connectivity index (χ0v) is 10.2. The molecule has 0 fully saturated rings. The number of hydrogen-bond donors (Lipinski definition) is 1. The van der Waals surface area contributed by atoms with E-state index in [0.29, 0.717) is 28.3 Å². The number of ether oxygens (including phenoxy) is 2. The van der Waals surface area contributed by atoms with Crippen molar-refractivity contribution in [1.29, 1.82) is 0 Å². The number of benzene rings is 1. The van der Waals surface area contributed by atoms with Crippen molar-refractivity contribution in [2.45, 2.75) is 13.0 Å². The van der Waals surface area contributed by atoms with Crippen LogP contribution in [0, 0.1) is 0 Å². The number of methoxy groups -OCH3 is 1. The van der Waals surface area contributed by atoms with E-state index in [4.69, 9.17) is 14.6 Å². The maximum absolute atomic E-state index is 10.7. The molecule has 5 nitrogen and oxygen atoms in total. The zero-order chi connectivity index (χ0) is 12.8. The molecule has 1 unspecified atom stereocenters. The average Bonchev–Trinajstić information content (AvgIpc) is 2.29. The van der Waals surface area contributed by atoms with Gasteiger partial charge in [0.25, 0.3) is 0 Å². The largest absolute Gasteiger partial charge is 0.493 e. The lowest BCUT2D eigenvalue weighted by Gasteiger charge is -2.13. The molecule has 17 heavy (non-hydrogen) atoms. The molecule has 0 aliphatic heterocycles. The first-order valence-electron chi connectivity index (χ1n) is 4.78. The Kier molecular flexibility index (Phi) is 4.71. The van der Waals surface area contributed by atoms with E-state index in [1.807, 2.05) is 0 Å². The first kappa shape index (κ1) is 13.2. The Balaban J connectivity index is 3.05. The predicted octanol–water partition coefficient (Wildman–Crippen LogP) is 0.910. The van der Waals surface area contributed by atoms with E-state index in [9.17, 15) is 9.00 Å². The lowest BCUT2D eigenvalue weighted by molar-refractivity contribution is -0.144. The Morgan fingerprint density at radius 2 is 2.18 bits per heavy atom. The molecule has 6 heteroatoms. The topological polar surface area (TPSA) is 72.8 Å². The smallest absolute Gasteiger partial charge is 0.344 e. The fourth-order valence-electron chi connectivity index (χ4n) is 1.16. The minimum atomic E-state index is -1.07. The van der Waals surface area contributed by atoms with Crippen LogP contribution in [0.1, 0.15) is 12.5 Å². The number of carboxylic acids is 1. The summed E-state index contributed by atoms with van der Waals surface area (Å²) in [6.07, 6.45) is -0.987. The van der Waals surface area contributed by atoms with Gasteiger partial charge in [0.1, 0.15) is 0 Å². The van der Waals surface area contributed by atoms with Crippen molar-refractivity contribution in [3.63, 3.8) is 0 Å². The van der Waals surface area contributed by atoms with Crippen molar-refractivity contribution in [3.8, 4) is 11.5 Å². The zero-order valence-electron chi connectivity index (χ0n) is 9.38. The highest BCUT2D eigenvalue weighted by atomic mass is 32.1. The molecule has 1 atom stereocenters. The molecule has 1 aromatic rings. The number of rotatable bonds is 5. The fraction of sp³-hybridized carbons (Fsp3) is 0.273. The first-order valence-corrected chi connectivity index (χ1v) is 5.58. The van der Waals surface area contributed by atoms with Crippen molar-refractivity contribution >= 4 is 22.6 Å². The molecule has 1 rings (SSSR count). The monoisotopic (exact) mass is 256 g/mol. The Hall–Kier alpha value is -1.82. The van der Waals surface area contributed by atoms with E-state index in [2.05, 4.69) is 0 Å². The third-order valence-corrected chi connectivity index (χ3v) is 2.39. The summed E-state index contributed by atoms with van der Waals surface area (Å²) in [6.45, 7) is 1.42. The van der Waals surface area contributed by atoms with Crippen LogP contribution in [-0.4, -0.2) is 33.9 Å². The van der Waals surface area contributed by atoms with Crippen LogP contribution in [0.2, 0.25) is 0 Å². The van der Waals surface area contributed by atoms with Gasteiger partial charge < -0.3 is 14.6 Å². The van der Waals surface area contributed by atoms with Gasteiger partial charge in [-0.05, 0) is 24.6 Å². The van der Waals surface area contributed by atoms with Crippen LogP contribution < -0.4 is 9.47 Å². The van der Waals surface area contributed by atoms with Crippen molar-refractivity contribution in [2.75, 3.05) is 7.11 Å². The Bertz CT molecular complexity index is 465. The Labute approximate surface area is 102 Å². The average molecular weight is 256 g/mol. The molecular weight excluding hydrogens is 244 g/mol. The molecule has 0 saturated carbocycles. The van der Waals surface area contributed by atoms with Crippen LogP contribution in [0.3, 0.4) is 0 Å².